The second-order valence-electron chi connectivity index (χ2n) is 4.72. The molecule has 0 fully saturated rings. The van der Waals surface area contributed by atoms with Crippen molar-refractivity contribution in [2.24, 2.45) is 5.92 Å². The Kier molecular flexibility index (Phi) is 5.99. The van der Waals surface area contributed by atoms with Crippen LogP contribution in [-0.2, 0) is 4.79 Å². The molecule has 0 heterocycles. The molecule has 0 aliphatic rings. The van der Waals surface area contributed by atoms with E-state index in [1.165, 1.54) is 24.3 Å². The van der Waals surface area contributed by atoms with Crippen molar-refractivity contribution >= 4 is 11.8 Å². The maximum Gasteiger partial charge on any atom is 0.251 e. The van der Waals surface area contributed by atoms with Gasteiger partial charge in [0, 0.05) is 12.1 Å². The highest BCUT2D eigenvalue weighted by Gasteiger charge is 2.07. The maximum absolute atomic E-state index is 12.7. The van der Waals surface area contributed by atoms with Crippen LogP contribution in [0.4, 0.5) is 4.39 Å². The first-order valence-corrected chi connectivity index (χ1v) is 6.29. The number of hydrogen-bond donors (Lipinski definition) is 2. The van der Waals surface area contributed by atoms with Crippen LogP contribution in [0, 0.1) is 11.7 Å². The van der Waals surface area contributed by atoms with Crippen molar-refractivity contribution in [3.8, 4) is 0 Å². The summed E-state index contributed by atoms with van der Waals surface area (Å²) < 4.78 is 12.7. The normalized spacial score (nSPS) is 10.3. The second kappa shape index (κ2) is 7.51. The van der Waals surface area contributed by atoms with Gasteiger partial charge in [-0.3, -0.25) is 9.59 Å². The van der Waals surface area contributed by atoms with Crippen molar-refractivity contribution in [3.05, 3.63) is 35.6 Å². The molecular weight excluding hydrogens is 247 g/mol. The van der Waals surface area contributed by atoms with E-state index in [1.807, 2.05) is 0 Å². The van der Waals surface area contributed by atoms with Crippen LogP contribution in [0.2, 0.25) is 0 Å². The van der Waals surface area contributed by atoms with Gasteiger partial charge in [-0.15, -0.1) is 0 Å². The summed E-state index contributed by atoms with van der Waals surface area (Å²) in [5.74, 6) is -0.493. The van der Waals surface area contributed by atoms with Gasteiger partial charge in [-0.05, 0) is 36.6 Å². The van der Waals surface area contributed by atoms with Crippen LogP contribution in [-0.4, -0.2) is 24.9 Å². The molecule has 0 aromatic heterocycles. The molecule has 0 radical (unpaired) electrons. The maximum atomic E-state index is 12.7. The Morgan fingerprint density at radius 3 is 2.37 bits per heavy atom. The molecule has 0 saturated carbocycles. The molecule has 0 spiro atoms. The van der Waals surface area contributed by atoms with Crippen molar-refractivity contribution in [2.75, 3.05) is 13.1 Å². The molecule has 1 aromatic rings. The van der Waals surface area contributed by atoms with Gasteiger partial charge in [0.1, 0.15) is 5.82 Å². The van der Waals surface area contributed by atoms with Crippen molar-refractivity contribution in [2.45, 2.75) is 20.3 Å². The van der Waals surface area contributed by atoms with Crippen LogP contribution in [0.5, 0.6) is 0 Å². The predicted molar refractivity (Wildman–Crippen MR) is 71.2 cm³/mol. The van der Waals surface area contributed by atoms with Crippen LogP contribution < -0.4 is 10.6 Å². The Labute approximate surface area is 112 Å². The molecule has 2 amide bonds. The van der Waals surface area contributed by atoms with Crippen LogP contribution in [0.1, 0.15) is 30.6 Å². The number of carbonyl (C=O) groups is 2. The van der Waals surface area contributed by atoms with Gasteiger partial charge < -0.3 is 10.6 Å². The van der Waals surface area contributed by atoms with Gasteiger partial charge in [0.15, 0.2) is 0 Å². The molecular formula is C14H19FN2O2. The summed E-state index contributed by atoms with van der Waals surface area (Å²) in [5.41, 5.74) is 0.330. The summed E-state index contributed by atoms with van der Waals surface area (Å²) in [5, 5.41) is 5.20. The van der Waals surface area contributed by atoms with E-state index in [0.717, 1.165) is 6.42 Å². The lowest BCUT2D eigenvalue weighted by molar-refractivity contribution is -0.120. The zero-order chi connectivity index (χ0) is 14.3. The number of halogens is 1. The summed E-state index contributed by atoms with van der Waals surface area (Å²) in [4.78, 5) is 23.1. The lowest BCUT2D eigenvalue weighted by atomic mass is 10.1. The highest BCUT2D eigenvalue weighted by Crippen LogP contribution is 2.02. The molecule has 104 valence electrons. The Balaban J connectivity index is 2.30. The summed E-state index contributed by atoms with van der Waals surface area (Å²) in [6.45, 7) is 4.67. The monoisotopic (exact) mass is 266 g/mol. The third-order valence-corrected chi connectivity index (χ3v) is 2.56. The Bertz CT molecular complexity index is 430. The average molecular weight is 266 g/mol. The molecule has 0 atom stereocenters. The highest BCUT2D eigenvalue weighted by atomic mass is 19.1. The smallest absolute Gasteiger partial charge is 0.251 e. The zero-order valence-electron chi connectivity index (χ0n) is 11.2. The average Bonchev–Trinajstić information content (AvgIpc) is 2.36. The standard InChI is InChI=1S/C14H19FN2O2/c1-10(2)7-8-16-13(18)9-17-14(19)11-3-5-12(15)6-4-11/h3-6,10H,7-9H2,1-2H3,(H,16,18)(H,17,19). The van der Waals surface area contributed by atoms with E-state index < -0.39 is 5.82 Å². The molecule has 1 aromatic carbocycles. The van der Waals surface area contributed by atoms with E-state index in [4.69, 9.17) is 0 Å². The number of benzene rings is 1. The number of hydrogen-bond acceptors (Lipinski definition) is 2. The molecule has 0 bridgehead atoms. The lowest BCUT2D eigenvalue weighted by Crippen LogP contribution is -2.37. The van der Waals surface area contributed by atoms with Gasteiger partial charge in [-0.25, -0.2) is 4.39 Å². The molecule has 0 aliphatic carbocycles. The number of rotatable bonds is 6. The number of amides is 2. The second-order valence-corrected chi connectivity index (χ2v) is 4.72. The van der Waals surface area contributed by atoms with Crippen LogP contribution in [0.3, 0.4) is 0 Å². The van der Waals surface area contributed by atoms with Gasteiger partial charge in [-0.1, -0.05) is 13.8 Å². The number of nitrogens with one attached hydrogen (secondary N) is 2. The molecule has 2 N–H and O–H groups in total. The first kappa shape index (κ1) is 15.1. The Morgan fingerprint density at radius 2 is 1.79 bits per heavy atom. The Morgan fingerprint density at radius 1 is 1.16 bits per heavy atom. The minimum Gasteiger partial charge on any atom is -0.355 e. The fourth-order valence-corrected chi connectivity index (χ4v) is 1.43. The van der Waals surface area contributed by atoms with E-state index in [0.29, 0.717) is 18.0 Å². The van der Waals surface area contributed by atoms with Crippen molar-refractivity contribution in [1.29, 1.82) is 0 Å². The van der Waals surface area contributed by atoms with Gasteiger partial charge in [0.05, 0.1) is 6.54 Å². The predicted octanol–water partition coefficient (Wildman–Crippen LogP) is 1.72. The van der Waals surface area contributed by atoms with Crippen molar-refractivity contribution < 1.29 is 14.0 Å². The summed E-state index contributed by atoms with van der Waals surface area (Å²) in [6, 6.07) is 5.16. The van der Waals surface area contributed by atoms with Crippen molar-refractivity contribution in [1.82, 2.24) is 10.6 Å². The van der Waals surface area contributed by atoms with Crippen LogP contribution in [0.15, 0.2) is 24.3 Å². The lowest BCUT2D eigenvalue weighted by Gasteiger charge is -2.08. The minimum atomic E-state index is -0.400. The van der Waals surface area contributed by atoms with Crippen molar-refractivity contribution in [3.63, 3.8) is 0 Å². The topological polar surface area (TPSA) is 58.2 Å². The SMILES string of the molecule is CC(C)CCNC(=O)CNC(=O)c1ccc(F)cc1. The third-order valence-electron chi connectivity index (χ3n) is 2.56. The molecule has 5 heteroatoms. The van der Waals surface area contributed by atoms with Crippen LogP contribution >= 0.6 is 0 Å². The zero-order valence-corrected chi connectivity index (χ0v) is 11.2. The molecule has 4 nitrogen and oxygen atoms in total. The molecule has 19 heavy (non-hydrogen) atoms. The first-order chi connectivity index (χ1) is 8.99. The van der Waals surface area contributed by atoms with E-state index >= 15 is 0 Å². The fraction of sp³-hybridized carbons (Fsp3) is 0.429. The van der Waals surface area contributed by atoms with Gasteiger partial charge in [-0.2, -0.15) is 0 Å². The molecule has 0 saturated heterocycles. The van der Waals surface area contributed by atoms with Gasteiger partial charge in [0.2, 0.25) is 5.91 Å². The first-order valence-electron chi connectivity index (χ1n) is 6.29. The fourth-order valence-electron chi connectivity index (χ4n) is 1.43. The summed E-state index contributed by atoms with van der Waals surface area (Å²) in [6.07, 6.45) is 0.900. The molecule has 0 unspecified atom stereocenters. The molecule has 1 rings (SSSR count). The van der Waals surface area contributed by atoms with E-state index in [-0.39, 0.29) is 18.4 Å². The van der Waals surface area contributed by atoms with E-state index in [2.05, 4.69) is 24.5 Å². The summed E-state index contributed by atoms with van der Waals surface area (Å²) in [7, 11) is 0. The quantitative estimate of drug-likeness (QED) is 0.823. The molecule has 0 aliphatic heterocycles. The largest absolute Gasteiger partial charge is 0.355 e. The summed E-state index contributed by atoms with van der Waals surface area (Å²) >= 11 is 0. The minimum absolute atomic E-state index is 0.0751. The third kappa shape index (κ3) is 5.99. The highest BCUT2D eigenvalue weighted by molar-refractivity contribution is 5.96. The van der Waals surface area contributed by atoms with Gasteiger partial charge >= 0.3 is 0 Å². The Hall–Kier alpha value is -1.91. The number of carbonyl (C=O) groups excluding carboxylic acids is 2. The van der Waals surface area contributed by atoms with E-state index in [1.54, 1.807) is 0 Å². The van der Waals surface area contributed by atoms with E-state index in [9.17, 15) is 14.0 Å². The van der Waals surface area contributed by atoms with Crippen LogP contribution in [0.25, 0.3) is 0 Å². The van der Waals surface area contributed by atoms with Gasteiger partial charge in [0.25, 0.3) is 5.91 Å².